The van der Waals surface area contributed by atoms with Gasteiger partial charge >= 0.3 is 6.03 Å². The summed E-state index contributed by atoms with van der Waals surface area (Å²) >= 11 is 1.61. The van der Waals surface area contributed by atoms with Crippen LogP contribution in [0.5, 0.6) is 0 Å². The Morgan fingerprint density at radius 1 is 1.33 bits per heavy atom. The molecule has 0 aromatic carbocycles. The van der Waals surface area contributed by atoms with Crippen LogP contribution < -0.4 is 5.32 Å². The predicted molar refractivity (Wildman–Crippen MR) is 69.5 cm³/mol. The number of nitrogens with one attached hydrogen (secondary N) is 1. The molecule has 0 bridgehead atoms. The number of anilines is 1. The summed E-state index contributed by atoms with van der Waals surface area (Å²) in [6.45, 7) is 2.18. The van der Waals surface area contributed by atoms with Crippen LogP contribution in [0, 0.1) is 0 Å². The molecule has 96 valence electrons. The highest BCUT2D eigenvalue weighted by molar-refractivity contribution is 7.08. The summed E-state index contributed by atoms with van der Waals surface area (Å²) in [4.78, 5) is 26.4. The van der Waals surface area contributed by atoms with E-state index in [9.17, 15) is 9.59 Å². The topological polar surface area (TPSA) is 52.7 Å². The number of rotatable bonds is 2. The quantitative estimate of drug-likeness (QED) is 0.828. The average molecular weight is 265 g/mol. The van der Waals surface area contributed by atoms with Crippen LogP contribution in [-0.4, -0.2) is 41.4 Å². The van der Waals surface area contributed by atoms with Gasteiger partial charge in [0, 0.05) is 30.1 Å². The molecule has 1 aromatic heterocycles. The standard InChI is InChI=1S/C12H15N3O2S/c16-8-14-3-1-10(2-4-14)15-5-9-6-18-7-11(9)13-12(15)17/h6-8,10H,1-5H2,(H,13,17). The number of carbonyl (C=O) groups excluding carboxylic acids is 2. The van der Waals surface area contributed by atoms with Crippen LogP contribution in [0.4, 0.5) is 10.5 Å². The molecular formula is C12H15N3O2S. The van der Waals surface area contributed by atoms with Crippen molar-refractivity contribution in [1.29, 1.82) is 0 Å². The van der Waals surface area contributed by atoms with Crippen molar-refractivity contribution in [2.75, 3.05) is 18.4 Å². The van der Waals surface area contributed by atoms with Crippen LogP contribution in [0.1, 0.15) is 18.4 Å². The van der Waals surface area contributed by atoms with E-state index >= 15 is 0 Å². The highest BCUT2D eigenvalue weighted by Gasteiger charge is 2.31. The smallest absolute Gasteiger partial charge is 0.322 e. The summed E-state index contributed by atoms with van der Waals surface area (Å²) in [5.41, 5.74) is 2.14. The lowest BCUT2D eigenvalue weighted by molar-refractivity contribution is -0.119. The third-order valence-corrected chi connectivity index (χ3v) is 4.47. The van der Waals surface area contributed by atoms with Crippen molar-refractivity contribution in [3.05, 3.63) is 16.3 Å². The second kappa shape index (κ2) is 4.61. The number of amides is 3. The van der Waals surface area contributed by atoms with Gasteiger partial charge in [0.1, 0.15) is 0 Å². The first kappa shape index (κ1) is 11.5. The largest absolute Gasteiger partial charge is 0.345 e. The molecule has 0 aliphatic carbocycles. The predicted octanol–water partition coefficient (Wildman–Crippen LogP) is 1.72. The Morgan fingerprint density at radius 2 is 2.11 bits per heavy atom. The number of urea groups is 1. The molecule has 5 nitrogen and oxygen atoms in total. The Kier molecular flexibility index (Phi) is 2.95. The molecule has 3 rings (SSSR count). The normalized spacial score (nSPS) is 20.6. The van der Waals surface area contributed by atoms with Crippen molar-refractivity contribution in [3.8, 4) is 0 Å². The second-order valence-corrected chi connectivity index (χ2v) is 5.48. The van der Waals surface area contributed by atoms with E-state index in [0.717, 1.165) is 38.0 Å². The second-order valence-electron chi connectivity index (χ2n) is 4.74. The first-order valence-corrected chi connectivity index (χ1v) is 7.04. The van der Waals surface area contributed by atoms with Gasteiger partial charge in [-0.1, -0.05) is 0 Å². The minimum absolute atomic E-state index is 0.00884. The summed E-state index contributed by atoms with van der Waals surface area (Å²) in [5, 5.41) is 6.98. The molecule has 1 saturated heterocycles. The molecule has 0 saturated carbocycles. The fraction of sp³-hybridized carbons (Fsp3) is 0.500. The van der Waals surface area contributed by atoms with Crippen LogP contribution >= 0.6 is 11.3 Å². The van der Waals surface area contributed by atoms with Gasteiger partial charge in [-0.25, -0.2) is 4.79 Å². The first-order chi connectivity index (χ1) is 8.78. The zero-order valence-electron chi connectivity index (χ0n) is 9.96. The highest BCUT2D eigenvalue weighted by Crippen LogP contribution is 2.29. The number of likely N-dealkylation sites (tertiary alicyclic amines) is 1. The molecule has 2 aliphatic rings. The monoisotopic (exact) mass is 265 g/mol. The number of nitrogens with zero attached hydrogens (tertiary/aromatic N) is 2. The minimum atomic E-state index is -0.00884. The zero-order valence-corrected chi connectivity index (χ0v) is 10.8. The van der Waals surface area contributed by atoms with Crippen molar-refractivity contribution in [1.82, 2.24) is 9.80 Å². The van der Waals surface area contributed by atoms with Crippen molar-refractivity contribution < 1.29 is 9.59 Å². The zero-order chi connectivity index (χ0) is 12.5. The Labute approximate surface area is 109 Å². The number of hydrogen-bond acceptors (Lipinski definition) is 3. The van der Waals surface area contributed by atoms with Gasteiger partial charge in [-0.15, -0.1) is 11.3 Å². The molecule has 2 aliphatic heterocycles. The van der Waals surface area contributed by atoms with E-state index < -0.39 is 0 Å². The molecule has 0 spiro atoms. The summed E-state index contributed by atoms with van der Waals surface area (Å²) in [5.74, 6) is 0. The lowest BCUT2D eigenvalue weighted by atomic mass is 10.0. The van der Waals surface area contributed by atoms with Crippen molar-refractivity contribution >= 4 is 29.5 Å². The fourth-order valence-electron chi connectivity index (χ4n) is 2.60. The Balaban J connectivity index is 1.70. The SMILES string of the molecule is O=CN1CCC(N2Cc3cscc3NC2=O)CC1. The van der Waals surface area contributed by atoms with Gasteiger partial charge in [-0.2, -0.15) is 0 Å². The van der Waals surface area contributed by atoms with E-state index in [-0.39, 0.29) is 12.1 Å². The van der Waals surface area contributed by atoms with E-state index in [1.54, 1.807) is 16.2 Å². The third-order valence-electron chi connectivity index (χ3n) is 3.67. The molecule has 6 heteroatoms. The van der Waals surface area contributed by atoms with E-state index in [4.69, 9.17) is 0 Å². The number of piperidine rings is 1. The van der Waals surface area contributed by atoms with Gasteiger partial charge in [0.15, 0.2) is 0 Å². The van der Waals surface area contributed by atoms with Crippen molar-refractivity contribution in [2.45, 2.75) is 25.4 Å². The van der Waals surface area contributed by atoms with Gasteiger partial charge in [0.2, 0.25) is 6.41 Å². The molecule has 3 heterocycles. The van der Waals surface area contributed by atoms with Crippen molar-refractivity contribution in [3.63, 3.8) is 0 Å². The van der Waals surface area contributed by atoms with E-state index in [0.29, 0.717) is 6.54 Å². The Hall–Kier alpha value is -1.56. The maximum atomic E-state index is 12.0. The van der Waals surface area contributed by atoms with Gasteiger partial charge in [-0.3, -0.25) is 4.79 Å². The maximum absolute atomic E-state index is 12.0. The number of thiophene rings is 1. The number of carbonyl (C=O) groups is 2. The Morgan fingerprint density at radius 3 is 2.83 bits per heavy atom. The van der Waals surface area contributed by atoms with Crippen LogP contribution in [0.3, 0.4) is 0 Å². The summed E-state index contributed by atoms with van der Waals surface area (Å²) in [7, 11) is 0. The van der Waals surface area contributed by atoms with E-state index in [2.05, 4.69) is 10.7 Å². The van der Waals surface area contributed by atoms with E-state index in [1.807, 2.05) is 10.3 Å². The molecule has 0 radical (unpaired) electrons. The summed E-state index contributed by atoms with van der Waals surface area (Å²) in [6.07, 6.45) is 2.63. The molecule has 1 aromatic rings. The van der Waals surface area contributed by atoms with Crippen LogP contribution in [0.15, 0.2) is 10.8 Å². The first-order valence-electron chi connectivity index (χ1n) is 6.10. The molecular weight excluding hydrogens is 250 g/mol. The summed E-state index contributed by atoms with van der Waals surface area (Å²) in [6, 6.07) is 0.236. The van der Waals surface area contributed by atoms with Crippen LogP contribution in [0.25, 0.3) is 0 Å². The lowest BCUT2D eigenvalue weighted by Gasteiger charge is -2.39. The van der Waals surface area contributed by atoms with Crippen molar-refractivity contribution in [2.24, 2.45) is 0 Å². The molecule has 1 N–H and O–H groups in total. The Bertz CT molecular complexity index is 466. The van der Waals surface area contributed by atoms with Crippen LogP contribution in [-0.2, 0) is 11.3 Å². The third kappa shape index (κ3) is 1.96. The molecule has 3 amide bonds. The lowest BCUT2D eigenvalue weighted by Crippen LogP contribution is -2.49. The summed E-state index contributed by atoms with van der Waals surface area (Å²) < 4.78 is 0. The van der Waals surface area contributed by atoms with Crippen LogP contribution in [0.2, 0.25) is 0 Å². The molecule has 0 atom stereocenters. The molecule has 1 fully saturated rings. The fourth-order valence-corrected chi connectivity index (χ4v) is 3.38. The highest BCUT2D eigenvalue weighted by atomic mass is 32.1. The van der Waals surface area contributed by atoms with Gasteiger partial charge < -0.3 is 15.1 Å². The molecule has 0 unspecified atom stereocenters. The number of fused-ring (bicyclic) bond motifs is 1. The average Bonchev–Trinajstić information content (AvgIpc) is 2.85. The van der Waals surface area contributed by atoms with E-state index in [1.165, 1.54) is 5.56 Å². The van der Waals surface area contributed by atoms with Gasteiger partial charge in [-0.05, 0) is 18.2 Å². The maximum Gasteiger partial charge on any atom is 0.322 e. The number of hydrogen-bond donors (Lipinski definition) is 1. The molecule has 18 heavy (non-hydrogen) atoms. The van der Waals surface area contributed by atoms with Gasteiger partial charge in [0.05, 0.1) is 12.2 Å². The minimum Gasteiger partial charge on any atom is -0.345 e. The van der Waals surface area contributed by atoms with Gasteiger partial charge in [0.25, 0.3) is 0 Å².